The predicted octanol–water partition coefficient (Wildman–Crippen LogP) is 1.42. The number of ether oxygens (including phenoxy) is 1. The van der Waals surface area contributed by atoms with Crippen LogP contribution in [0.3, 0.4) is 0 Å². The number of H-pyrrole nitrogens is 1. The van der Waals surface area contributed by atoms with Gasteiger partial charge in [0.1, 0.15) is 11.9 Å². The van der Waals surface area contributed by atoms with Gasteiger partial charge in [-0.1, -0.05) is 18.2 Å². The molecule has 22 heavy (non-hydrogen) atoms. The minimum Gasteiger partial charge on any atom is -0.489 e. The largest absolute Gasteiger partial charge is 0.489 e. The number of nitrogens with one attached hydrogen (secondary N) is 2. The van der Waals surface area contributed by atoms with E-state index in [1.165, 1.54) is 11.8 Å². The molecule has 2 N–H and O–H groups in total. The summed E-state index contributed by atoms with van der Waals surface area (Å²) in [7, 11) is 0. The number of nitrogens with zero attached hydrogens (tertiary/aromatic N) is 2. The molecule has 0 fully saturated rings. The van der Waals surface area contributed by atoms with E-state index in [9.17, 15) is 4.79 Å². The lowest BCUT2D eigenvalue weighted by Gasteiger charge is -2.21. The van der Waals surface area contributed by atoms with Crippen molar-refractivity contribution in [1.82, 2.24) is 20.4 Å². The fraction of sp³-hybridized carbons (Fsp3) is 0.375. The quantitative estimate of drug-likeness (QED) is 0.896. The fourth-order valence-corrected chi connectivity index (χ4v) is 2.65. The first-order valence-corrected chi connectivity index (χ1v) is 7.46. The zero-order valence-corrected chi connectivity index (χ0v) is 12.6. The maximum absolute atomic E-state index is 11.9. The molecular weight excluding hydrogens is 280 g/mol. The summed E-state index contributed by atoms with van der Waals surface area (Å²) in [5.41, 5.74) is 1.74. The Morgan fingerprint density at radius 2 is 2.36 bits per heavy atom. The first-order valence-electron chi connectivity index (χ1n) is 7.46. The van der Waals surface area contributed by atoms with Crippen LogP contribution >= 0.6 is 0 Å². The second-order valence-corrected chi connectivity index (χ2v) is 5.51. The number of rotatable bonds is 4. The first kappa shape index (κ1) is 14.6. The van der Waals surface area contributed by atoms with Crippen molar-refractivity contribution in [3.63, 3.8) is 0 Å². The van der Waals surface area contributed by atoms with Crippen LogP contribution in [0.2, 0.25) is 0 Å². The van der Waals surface area contributed by atoms with Crippen molar-refractivity contribution in [2.75, 3.05) is 19.6 Å². The van der Waals surface area contributed by atoms with E-state index in [1.807, 2.05) is 18.2 Å². The van der Waals surface area contributed by atoms with Gasteiger partial charge in [-0.2, -0.15) is 5.10 Å². The van der Waals surface area contributed by atoms with Gasteiger partial charge in [0.2, 0.25) is 0 Å². The molecule has 0 bridgehead atoms. The van der Waals surface area contributed by atoms with Crippen LogP contribution in [0.1, 0.15) is 22.8 Å². The van der Waals surface area contributed by atoms with Crippen LogP contribution in [-0.2, 0) is 6.54 Å². The molecule has 116 valence electrons. The van der Waals surface area contributed by atoms with Crippen LogP contribution in [-0.4, -0.2) is 46.7 Å². The normalized spacial score (nSPS) is 18.1. The number of aromatic amines is 1. The fourth-order valence-electron chi connectivity index (χ4n) is 2.65. The van der Waals surface area contributed by atoms with E-state index in [0.29, 0.717) is 12.1 Å². The number of aromatic nitrogens is 2. The number of carbonyl (C=O) groups is 1. The standard InChI is InChI=1S/C16H20N4O2/c1-12-10-20(11-13-4-2-3-5-15(13)22-12)7-6-17-16(21)14-8-18-19-9-14/h2-5,8-9,12H,6-7,10-11H2,1H3,(H,17,21)(H,18,19). The average molecular weight is 300 g/mol. The summed E-state index contributed by atoms with van der Waals surface area (Å²) < 4.78 is 5.93. The van der Waals surface area contributed by atoms with E-state index < -0.39 is 0 Å². The minimum atomic E-state index is -0.103. The minimum absolute atomic E-state index is 0.103. The van der Waals surface area contributed by atoms with Gasteiger partial charge >= 0.3 is 0 Å². The molecule has 1 atom stereocenters. The molecule has 2 aromatic rings. The van der Waals surface area contributed by atoms with Crippen LogP contribution in [0.5, 0.6) is 5.75 Å². The lowest BCUT2D eigenvalue weighted by molar-refractivity contribution is 0.0944. The number of carbonyl (C=O) groups excluding carboxylic acids is 1. The topological polar surface area (TPSA) is 70.2 Å². The highest BCUT2D eigenvalue weighted by atomic mass is 16.5. The summed E-state index contributed by atoms with van der Waals surface area (Å²) in [6.45, 7) is 5.13. The van der Waals surface area contributed by atoms with Crippen LogP contribution in [0.15, 0.2) is 36.7 Å². The highest BCUT2D eigenvalue weighted by Crippen LogP contribution is 2.24. The SMILES string of the molecule is CC1CN(CCNC(=O)c2cn[nH]c2)Cc2ccccc2O1. The summed E-state index contributed by atoms with van der Waals surface area (Å²) in [5, 5.41) is 9.32. The third kappa shape index (κ3) is 3.46. The average Bonchev–Trinajstić information content (AvgIpc) is 2.98. The summed E-state index contributed by atoms with van der Waals surface area (Å²) in [5.74, 6) is 0.855. The van der Waals surface area contributed by atoms with Crippen molar-refractivity contribution in [1.29, 1.82) is 0 Å². The molecule has 0 radical (unpaired) electrons. The number of hydrogen-bond acceptors (Lipinski definition) is 4. The summed E-state index contributed by atoms with van der Waals surface area (Å²) in [4.78, 5) is 14.2. The van der Waals surface area contributed by atoms with Crippen LogP contribution in [0, 0.1) is 0 Å². The molecule has 0 saturated carbocycles. The molecule has 0 spiro atoms. The zero-order chi connectivity index (χ0) is 15.4. The van der Waals surface area contributed by atoms with Crippen molar-refractivity contribution in [2.45, 2.75) is 19.6 Å². The Hall–Kier alpha value is -2.34. The van der Waals surface area contributed by atoms with Crippen molar-refractivity contribution in [2.24, 2.45) is 0 Å². The monoisotopic (exact) mass is 300 g/mol. The van der Waals surface area contributed by atoms with Gasteiger partial charge in [-0.25, -0.2) is 0 Å². The van der Waals surface area contributed by atoms with Crippen molar-refractivity contribution >= 4 is 5.91 Å². The van der Waals surface area contributed by atoms with Crippen molar-refractivity contribution in [3.05, 3.63) is 47.8 Å². The van der Waals surface area contributed by atoms with Gasteiger partial charge in [-0.3, -0.25) is 14.8 Å². The van der Waals surface area contributed by atoms with Crippen LogP contribution < -0.4 is 10.1 Å². The highest BCUT2D eigenvalue weighted by molar-refractivity contribution is 5.93. The molecule has 1 aliphatic heterocycles. The van der Waals surface area contributed by atoms with Gasteiger partial charge in [0.05, 0.1) is 11.8 Å². The van der Waals surface area contributed by atoms with E-state index in [-0.39, 0.29) is 12.0 Å². The molecule has 1 unspecified atom stereocenters. The molecule has 0 aliphatic carbocycles. The van der Waals surface area contributed by atoms with E-state index in [1.54, 1.807) is 6.20 Å². The Morgan fingerprint density at radius 1 is 1.50 bits per heavy atom. The Morgan fingerprint density at radius 3 is 3.18 bits per heavy atom. The number of para-hydroxylation sites is 1. The Kier molecular flexibility index (Phi) is 4.39. The van der Waals surface area contributed by atoms with Gasteiger partial charge in [0.15, 0.2) is 0 Å². The highest BCUT2D eigenvalue weighted by Gasteiger charge is 2.19. The second-order valence-electron chi connectivity index (χ2n) is 5.51. The molecule has 3 rings (SSSR count). The number of amides is 1. The molecule has 6 heteroatoms. The molecule has 2 heterocycles. The molecule has 0 saturated heterocycles. The summed E-state index contributed by atoms with van der Waals surface area (Å²) in [6.07, 6.45) is 3.24. The number of benzene rings is 1. The van der Waals surface area contributed by atoms with Crippen molar-refractivity contribution in [3.8, 4) is 5.75 Å². The Bertz CT molecular complexity index is 627. The van der Waals surface area contributed by atoms with Crippen LogP contribution in [0.25, 0.3) is 0 Å². The lowest BCUT2D eigenvalue weighted by atomic mass is 10.2. The van der Waals surface area contributed by atoms with E-state index in [4.69, 9.17) is 4.74 Å². The van der Waals surface area contributed by atoms with Gasteiger partial charge in [-0.15, -0.1) is 0 Å². The van der Waals surface area contributed by atoms with Gasteiger partial charge < -0.3 is 10.1 Å². The molecule has 1 aliphatic rings. The molecular formula is C16H20N4O2. The van der Waals surface area contributed by atoms with Gasteiger partial charge in [0, 0.05) is 37.9 Å². The third-order valence-electron chi connectivity index (χ3n) is 3.68. The maximum atomic E-state index is 11.9. The molecule has 1 amide bonds. The summed E-state index contributed by atoms with van der Waals surface area (Å²) in [6, 6.07) is 8.11. The second kappa shape index (κ2) is 6.62. The third-order valence-corrected chi connectivity index (χ3v) is 3.68. The van der Waals surface area contributed by atoms with Crippen molar-refractivity contribution < 1.29 is 9.53 Å². The van der Waals surface area contributed by atoms with E-state index >= 15 is 0 Å². The summed E-state index contributed by atoms with van der Waals surface area (Å²) >= 11 is 0. The number of fused-ring (bicyclic) bond motifs is 1. The first-order chi connectivity index (χ1) is 10.7. The van der Waals surface area contributed by atoms with Gasteiger partial charge in [0.25, 0.3) is 5.91 Å². The van der Waals surface area contributed by atoms with E-state index in [2.05, 4.69) is 33.4 Å². The molecule has 6 nitrogen and oxygen atoms in total. The Balaban J connectivity index is 1.55. The molecule has 1 aromatic heterocycles. The van der Waals surface area contributed by atoms with Gasteiger partial charge in [-0.05, 0) is 13.0 Å². The maximum Gasteiger partial charge on any atom is 0.254 e. The van der Waals surface area contributed by atoms with Crippen LogP contribution in [0.4, 0.5) is 0 Å². The Labute approximate surface area is 129 Å². The lowest BCUT2D eigenvalue weighted by Crippen LogP contribution is -2.37. The number of hydrogen-bond donors (Lipinski definition) is 2. The predicted molar refractivity (Wildman–Crippen MR) is 82.7 cm³/mol. The zero-order valence-electron chi connectivity index (χ0n) is 12.6. The van der Waals surface area contributed by atoms with E-state index in [0.717, 1.165) is 25.4 Å². The molecule has 1 aromatic carbocycles. The smallest absolute Gasteiger partial charge is 0.254 e.